The zero-order chi connectivity index (χ0) is 18.6. The fourth-order valence-electron chi connectivity index (χ4n) is 3.13. The lowest BCUT2D eigenvalue weighted by molar-refractivity contribution is 0.0906. The second kappa shape index (κ2) is 7.48. The first-order chi connectivity index (χ1) is 12.5. The SMILES string of the molecule is C=CC[C@@](C)(Cc1ccccc1)NC(=O)c1cnc2c(F)cccc2c1. The Morgan fingerprint density at radius 1 is 1.23 bits per heavy atom. The van der Waals surface area contributed by atoms with Gasteiger partial charge in [-0.3, -0.25) is 9.78 Å². The van der Waals surface area contributed by atoms with Crippen molar-refractivity contribution in [3.8, 4) is 0 Å². The molecule has 0 unspecified atom stereocenters. The Labute approximate surface area is 152 Å². The number of aromatic nitrogens is 1. The molecular weight excluding hydrogens is 327 g/mol. The van der Waals surface area contributed by atoms with Crippen molar-refractivity contribution in [1.29, 1.82) is 0 Å². The van der Waals surface area contributed by atoms with Crippen LogP contribution in [0.3, 0.4) is 0 Å². The van der Waals surface area contributed by atoms with Crippen LogP contribution in [-0.2, 0) is 6.42 Å². The summed E-state index contributed by atoms with van der Waals surface area (Å²) in [4.78, 5) is 16.9. The number of halogens is 1. The number of hydrogen-bond acceptors (Lipinski definition) is 2. The Morgan fingerprint density at radius 3 is 2.73 bits per heavy atom. The van der Waals surface area contributed by atoms with Crippen molar-refractivity contribution in [2.24, 2.45) is 0 Å². The molecule has 1 aromatic heterocycles. The van der Waals surface area contributed by atoms with E-state index in [1.54, 1.807) is 24.3 Å². The van der Waals surface area contributed by atoms with E-state index >= 15 is 0 Å². The van der Waals surface area contributed by atoms with Crippen LogP contribution >= 0.6 is 0 Å². The summed E-state index contributed by atoms with van der Waals surface area (Å²) in [6, 6.07) is 16.4. The van der Waals surface area contributed by atoms with Gasteiger partial charge in [0.15, 0.2) is 0 Å². The maximum atomic E-state index is 13.8. The maximum absolute atomic E-state index is 13.8. The van der Waals surface area contributed by atoms with Crippen molar-refractivity contribution >= 4 is 16.8 Å². The van der Waals surface area contributed by atoms with Gasteiger partial charge in [-0.2, -0.15) is 0 Å². The molecule has 1 N–H and O–H groups in total. The molecular formula is C22H21FN2O. The Bertz CT molecular complexity index is 939. The molecule has 4 heteroatoms. The zero-order valence-corrected chi connectivity index (χ0v) is 14.7. The number of pyridine rings is 1. The van der Waals surface area contributed by atoms with Crippen molar-refractivity contribution < 1.29 is 9.18 Å². The van der Waals surface area contributed by atoms with Crippen molar-refractivity contribution in [2.75, 3.05) is 0 Å². The predicted octanol–water partition coefficient (Wildman–Crippen LogP) is 4.68. The molecule has 1 atom stereocenters. The van der Waals surface area contributed by atoms with Gasteiger partial charge in [-0.15, -0.1) is 6.58 Å². The van der Waals surface area contributed by atoms with Crippen molar-refractivity contribution in [3.05, 3.63) is 90.4 Å². The van der Waals surface area contributed by atoms with Gasteiger partial charge in [-0.05, 0) is 37.5 Å². The van der Waals surface area contributed by atoms with Gasteiger partial charge in [0.05, 0.1) is 5.56 Å². The first-order valence-corrected chi connectivity index (χ1v) is 8.52. The van der Waals surface area contributed by atoms with Crippen LogP contribution in [0.5, 0.6) is 0 Å². The van der Waals surface area contributed by atoms with E-state index in [0.29, 0.717) is 23.8 Å². The minimum atomic E-state index is -0.475. The summed E-state index contributed by atoms with van der Waals surface area (Å²) in [6.07, 6.45) is 4.53. The first-order valence-electron chi connectivity index (χ1n) is 8.52. The van der Waals surface area contributed by atoms with Gasteiger partial charge < -0.3 is 5.32 Å². The van der Waals surface area contributed by atoms with E-state index in [9.17, 15) is 9.18 Å². The Balaban J connectivity index is 1.84. The van der Waals surface area contributed by atoms with E-state index in [1.165, 1.54) is 12.3 Å². The minimum absolute atomic E-state index is 0.232. The van der Waals surface area contributed by atoms with Gasteiger partial charge in [0.2, 0.25) is 0 Å². The number of carbonyl (C=O) groups is 1. The molecule has 0 saturated heterocycles. The summed E-state index contributed by atoms with van der Waals surface area (Å²) in [5.41, 5.74) is 1.33. The number of amides is 1. The van der Waals surface area contributed by atoms with Crippen LogP contribution in [0.4, 0.5) is 4.39 Å². The topological polar surface area (TPSA) is 42.0 Å². The fraction of sp³-hybridized carbons (Fsp3) is 0.182. The van der Waals surface area contributed by atoms with Gasteiger partial charge in [0, 0.05) is 17.1 Å². The van der Waals surface area contributed by atoms with Crippen LogP contribution in [0, 0.1) is 5.82 Å². The Kier molecular flexibility index (Phi) is 5.12. The quantitative estimate of drug-likeness (QED) is 0.657. The summed E-state index contributed by atoms with van der Waals surface area (Å²) < 4.78 is 13.8. The highest BCUT2D eigenvalue weighted by Gasteiger charge is 2.26. The lowest BCUT2D eigenvalue weighted by Crippen LogP contribution is -2.47. The monoisotopic (exact) mass is 348 g/mol. The molecule has 1 amide bonds. The molecule has 3 nitrogen and oxygen atoms in total. The van der Waals surface area contributed by atoms with Crippen LogP contribution in [-0.4, -0.2) is 16.4 Å². The van der Waals surface area contributed by atoms with E-state index in [-0.39, 0.29) is 11.4 Å². The van der Waals surface area contributed by atoms with Crippen LogP contribution in [0.25, 0.3) is 10.9 Å². The minimum Gasteiger partial charge on any atom is -0.346 e. The number of fused-ring (bicyclic) bond motifs is 1. The standard InChI is InChI=1S/C22H21FN2O/c1-3-12-22(2,14-16-8-5-4-6-9-16)25-21(26)18-13-17-10-7-11-19(23)20(17)24-15-18/h3-11,13,15H,1,12,14H2,2H3,(H,25,26)/t22-/m0/s1. The summed E-state index contributed by atoms with van der Waals surface area (Å²) in [5, 5.41) is 3.70. The number of benzene rings is 2. The van der Waals surface area contributed by atoms with E-state index in [1.807, 2.05) is 37.3 Å². The Hall–Kier alpha value is -3.01. The average Bonchev–Trinajstić information content (AvgIpc) is 2.62. The molecule has 132 valence electrons. The summed E-state index contributed by atoms with van der Waals surface area (Å²) >= 11 is 0. The maximum Gasteiger partial charge on any atom is 0.253 e. The van der Waals surface area contributed by atoms with E-state index < -0.39 is 11.4 Å². The van der Waals surface area contributed by atoms with E-state index in [0.717, 1.165) is 5.56 Å². The molecule has 0 spiro atoms. The van der Waals surface area contributed by atoms with Gasteiger partial charge in [-0.1, -0.05) is 48.5 Å². The summed E-state index contributed by atoms with van der Waals surface area (Å²) in [6.45, 7) is 5.81. The highest BCUT2D eigenvalue weighted by atomic mass is 19.1. The van der Waals surface area contributed by atoms with Crippen molar-refractivity contribution in [2.45, 2.75) is 25.3 Å². The van der Waals surface area contributed by atoms with Crippen LogP contribution in [0.1, 0.15) is 29.3 Å². The van der Waals surface area contributed by atoms with Crippen LogP contribution in [0.2, 0.25) is 0 Å². The molecule has 26 heavy (non-hydrogen) atoms. The van der Waals surface area contributed by atoms with E-state index in [4.69, 9.17) is 0 Å². The van der Waals surface area contributed by atoms with Crippen molar-refractivity contribution in [3.63, 3.8) is 0 Å². The van der Waals surface area contributed by atoms with Gasteiger partial charge in [0.25, 0.3) is 5.91 Å². The third-order valence-corrected chi connectivity index (χ3v) is 4.37. The molecule has 0 aliphatic carbocycles. The zero-order valence-electron chi connectivity index (χ0n) is 14.7. The molecule has 0 saturated carbocycles. The first kappa shape index (κ1) is 17.8. The van der Waals surface area contributed by atoms with Gasteiger partial charge in [0.1, 0.15) is 11.3 Å². The van der Waals surface area contributed by atoms with Crippen LogP contribution < -0.4 is 5.32 Å². The Morgan fingerprint density at radius 2 is 2.00 bits per heavy atom. The lowest BCUT2D eigenvalue weighted by atomic mass is 9.89. The number of nitrogens with zero attached hydrogens (tertiary/aromatic N) is 1. The predicted molar refractivity (Wildman–Crippen MR) is 103 cm³/mol. The number of carbonyl (C=O) groups excluding carboxylic acids is 1. The van der Waals surface area contributed by atoms with Gasteiger partial charge >= 0.3 is 0 Å². The number of para-hydroxylation sites is 1. The summed E-state index contributed by atoms with van der Waals surface area (Å²) in [7, 11) is 0. The summed E-state index contributed by atoms with van der Waals surface area (Å²) in [5.74, 6) is -0.626. The van der Waals surface area contributed by atoms with Crippen molar-refractivity contribution in [1.82, 2.24) is 10.3 Å². The molecule has 2 aromatic carbocycles. The molecule has 0 bridgehead atoms. The van der Waals surface area contributed by atoms with Gasteiger partial charge in [-0.25, -0.2) is 4.39 Å². The number of rotatable bonds is 6. The molecule has 0 fully saturated rings. The lowest BCUT2D eigenvalue weighted by Gasteiger charge is -2.30. The average molecular weight is 348 g/mol. The third-order valence-electron chi connectivity index (χ3n) is 4.37. The fourth-order valence-corrected chi connectivity index (χ4v) is 3.13. The highest BCUT2D eigenvalue weighted by Crippen LogP contribution is 2.20. The molecule has 3 rings (SSSR count). The third kappa shape index (κ3) is 3.97. The normalized spacial score (nSPS) is 13.2. The smallest absolute Gasteiger partial charge is 0.253 e. The van der Waals surface area contributed by atoms with Crippen LogP contribution in [0.15, 0.2) is 73.4 Å². The number of hydrogen-bond donors (Lipinski definition) is 1. The highest BCUT2D eigenvalue weighted by molar-refractivity contribution is 5.97. The molecule has 0 aliphatic heterocycles. The molecule has 3 aromatic rings. The molecule has 0 radical (unpaired) electrons. The molecule has 1 heterocycles. The second-order valence-corrected chi connectivity index (χ2v) is 6.71. The van der Waals surface area contributed by atoms with E-state index in [2.05, 4.69) is 16.9 Å². The second-order valence-electron chi connectivity index (χ2n) is 6.71. The number of nitrogens with one attached hydrogen (secondary N) is 1. The largest absolute Gasteiger partial charge is 0.346 e. The molecule has 0 aliphatic rings.